The number of hydrogen-bond acceptors (Lipinski definition) is 3. The van der Waals surface area contributed by atoms with Gasteiger partial charge in [0, 0.05) is 12.6 Å². The molecule has 1 rings (SSSR count). The Morgan fingerprint density at radius 1 is 1.29 bits per heavy atom. The molecule has 0 bridgehead atoms. The molecule has 0 aliphatic carbocycles. The summed E-state index contributed by atoms with van der Waals surface area (Å²) in [5, 5.41) is 21.4. The summed E-state index contributed by atoms with van der Waals surface area (Å²) < 4.78 is 0. The zero-order valence-electron chi connectivity index (χ0n) is 8.57. The van der Waals surface area contributed by atoms with E-state index in [2.05, 4.69) is 19.2 Å². The quantitative estimate of drug-likeness (QED) is 0.583. The average Bonchev–Trinajstić information content (AvgIpc) is 2.15. The van der Waals surface area contributed by atoms with Gasteiger partial charge in [-0.25, -0.2) is 0 Å². The van der Waals surface area contributed by atoms with Gasteiger partial charge in [0.1, 0.15) is 0 Å². The Kier molecular flexibility index (Phi) is 4.13. The van der Waals surface area contributed by atoms with E-state index < -0.39 is 7.12 Å². The van der Waals surface area contributed by atoms with Gasteiger partial charge in [0.05, 0.1) is 0 Å². The van der Waals surface area contributed by atoms with Crippen LogP contribution in [0.4, 0.5) is 0 Å². The van der Waals surface area contributed by atoms with Crippen LogP contribution in [-0.4, -0.2) is 23.2 Å². The first-order chi connectivity index (χ1) is 6.61. The third-order valence-electron chi connectivity index (χ3n) is 2.03. The lowest BCUT2D eigenvalue weighted by atomic mass is 9.77. The summed E-state index contributed by atoms with van der Waals surface area (Å²) in [6.07, 6.45) is 0. The third kappa shape index (κ3) is 3.14. The van der Waals surface area contributed by atoms with Crippen LogP contribution in [0.2, 0.25) is 0 Å². The Bertz CT molecular complexity index is 289. The molecule has 3 nitrogen and oxygen atoms in total. The van der Waals surface area contributed by atoms with Gasteiger partial charge in [0.15, 0.2) is 0 Å². The van der Waals surface area contributed by atoms with Crippen LogP contribution in [0.3, 0.4) is 0 Å². The van der Waals surface area contributed by atoms with E-state index in [1.165, 1.54) is 0 Å². The molecule has 0 spiro atoms. The van der Waals surface area contributed by atoms with Crippen LogP contribution >= 0.6 is 0 Å². The summed E-state index contributed by atoms with van der Waals surface area (Å²) in [4.78, 5) is 0. The van der Waals surface area contributed by atoms with Crippen molar-refractivity contribution in [3.8, 4) is 0 Å². The molecule has 0 saturated carbocycles. The van der Waals surface area contributed by atoms with Gasteiger partial charge < -0.3 is 15.4 Å². The Morgan fingerprint density at radius 3 is 2.50 bits per heavy atom. The molecule has 0 aliphatic rings. The maximum Gasteiger partial charge on any atom is 0.488 e. The second kappa shape index (κ2) is 5.15. The summed E-state index contributed by atoms with van der Waals surface area (Å²) in [5.41, 5.74) is 1.50. The lowest BCUT2D eigenvalue weighted by molar-refractivity contribution is 0.425. The zero-order chi connectivity index (χ0) is 10.6. The first kappa shape index (κ1) is 11.2. The molecule has 1 aromatic carbocycles. The fourth-order valence-electron chi connectivity index (χ4n) is 1.26. The van der Waals surface area contributed by atoms with E-state index in [0.717, 1.165) is 5.56 Å². The minimum Gasteiger partial charge on any atom is -0.423 e. The normalized spacial score (nSPS) is 10.6. The first-order valence-corrected chi connectivity index (χ1v) is 4.78. The molecule has 0 fully saturated rings. The van der Waals surface area contributed by atoms with Crippen molar-refractivity contribution in [1.29, 1.82) is 0 Å². The van der Waals surface area contributed by atoms with Crippen molar-refractivity contribution < 1.29 is 10.0 Å². The summed E-state index contributed by atoms with van der Waals surface area (Å²) in [5.74, 6) is 0. The highest BCUT2D eigenvalue weighted by Crippen LogP contribution is 1.97. The standard InChI is InChI=1S/C10H16BNO2/c1-8(2)12-7-9-5-3-4-6-10(9)11(13)14/h3-6,8,12-14H,7H2,1-2H3. The fraction of sp³-hybridized carbons (Fsp3) is 0.400. The third-order valence-corrected chi connectivity index (χ3v) is 2.03. The van der Waals surface area contributed by atoms with Crippen molar-refractivity contribution in [3.05, 3.63) is 29.8 Å². The van der Waals surface area contributed by atoms with Gasteiger partial charge in [-0.05, 0) is 11.0 Å². The predicted molar refractivity (Wildman–Crippen MR) is 58.2 cm³/mol. The van der Waals surface area contributed by atoms with Crippen LogP contribution in [0.1, 0.15) is 19.4 Å². The van der Waals surface area contributed by atoms with E-state index >= 15 is 0 Å². The van der Waals surface area contributed by atoms with Gasteiger partial charge in [0.2, 0.25) is 0 Å². The van der Waals surface area contributed by atoms with E-state index in [1.807, 2.05) is 12.1 Å². The fourth-order valence-corrected chi connectivity index (χ4v) is 1.26. The topological polar surface area (TPSA) is 52.5 Å². The molecule has 14 heavy (non-hydrogen) atoms. The minimum atomic E-state index is -1.39. The Morgan fingerprint density at radius 2 is 1.93 bits per heavy atom. The predicted octanol–water partition coefficient (Wildman–Crippen LogP) is -0.136. The molecule has 0 atom stereocenters. The Hall–Kier alpha value is -0.835. The Labute approximate surface area is 84.9 Å². The van der Waals surface area contributed by atoms with Crippen molar-refractivity contribution in [2.24, 2.45) is 0 Å². The smallest absolute Gasteiger partial charge is 0.423 e. The van der Waals surface area contributed by atoms with E-state index in [1.54, 1.807) is 12.1 Å². The summed E-state index contributed by atoms with van der Waals surface area (Å²) in [6.45, 7) is 4.77. The lowest BCUT2D eigenvalue weighted by Gasteiger charge is -2.11. The van der Waals surface area contributed by atoms with E-state index in [9.17, 15) is 0 Å². The maximum atomic E-state index is 9.10. The molecule has 0 heterocycles. The summed E-state index contributed by atoms with van der Waals surface area (Å²) >= 11 is 0. The minimum absolute atomic E-state index is 0.388. The van der Waals surface area contributed by atoms with Crippen LogP contribution in [0.15, 0.2) is 24.3 Å². The largest absolute Gasteiger partial charge is 0.488 e. The van der Waals surface area contributed by atoms with Crippen molar-refractivity contribution in [2.45, 2.75) is 26.4 Å². The molecule has 4 heteroatoms. The molecule has 3 N–H and O–H groups in total. The van der Waals surface area contributed by atoms with Crippen molar-refractivity contribution in [3.63, 3.8) is 0 Å². The first-order valence-electron chi connectivity index (χ1n) is 4.78. The maximum absolute atomic E-state index is 9.10. The van der Waals surface area contributed by atoms with Gasteiger partial charge in [-0.2, -0.15) is 0 Å². The van der Waals surface area contributed by atoms with Crippen LogP contribution in [0.25, 0.3) is 0 Å². The van der Waals surface area contributed by atoms with Gasteiger partial charge in [-0.15, -0.1) is 0 Å². The molecular formula is C10H16BNO2. The zero-order valence-corrected chi connectivity index (χ0v) is 8.57. The molecule has 0 amide bonds. The highest BCUT2D eigenvalue weighted by Gasteiger charge is 2.14. The molecular weight excluding hydrogens is 177 g/mol. The van der Waals surface area contributed by atoms with E-state index in [0.29, 0.717) is 18.0 Å². The molecule has 76 valence electrons. The second-order valence-corrected chi connectivity index (χ2v) is 3.61. The molecule has 1 aromatic rings. The van der Waals surface area contributed by atoms with Crippen molar-refractivity contribution >= 4 is 12.6 Å². The highest BCUT2D eigenvalue weighted by molar-refractivity contribution is 6.59. The molecule has 0 aromatic heterocycles. The SMILES string of the molecule is CC(C)NCc1ccccc1B(O)O. The van der Waals surface area contributed by atoms with Crippen LogP contribution in [0, 0.1) is 0 Å². The molecule has 0 aliphatic heterocycles. The second-order valence-electron chi connectivity index (χ2n) is 3.61. The number of rotatable bonds is 4. The van der Waals surface area contributed by atoms with Crippen LogP contribution in [-0.2, 0) is 6.54 Å². The highest BCUT2D eigenvalue weighted by atomic mass is 16.4. The summed E-state index contributed by atoms with van der Waals surface area (Å²) in [7, 11) is -1.39. The van der Waals surface area contributed by atoms with E-state index in [-0.39, 0.29) is 0 Å². The van der Waals surface area contributed by atoms with Gasteiger partial charge in [-0.1, -0.05) is 38.1 Å². The van der Waals surface area contributed by atoms with Crippen LogP contribution in [0.5, 0.6) is 0 Å². The monoisotopic (exact) mass is 193 g/mol. The summed E-state index contributed by atoms with van der Waals surface area (Å²) in [6, 6.07) is 7.70. The van der Waals surface area contributed by atoms with Crippen LogP contribution < -0.4 is 10.8 Å². The molecule has 0 radical (unpaired) electrons. The van der Waals surface area contributed by atoms with Crippen molar-refractivity contribution in [2.75, 3.05) is 0 Å². The number of hydrogen-bond donors (Lipinski definition) is 3. The van der Waals surface area contributed by atoms with Gasteiger partial charge in [-0.3, -0.25) is 0 Å². The molecule has 0 unspecified atom stereocenters. The average molecular weight is 193 g/mol. The van der Waals surface area contributed by atoms with Crippen molar-refractivity contribution in [1.82, 2.24) is 5.32 Å². The molecule has 0 saturated heterocycles. The van der Waals surface area contributed by atoms with Gasteiger partial charge >= 0.3 is 7.12 Å². The lowest BCUT2D eigenvalue weighted by Crippen LogP contribution is -2.35. The number of nitrogens with one attached hydrogen (secondary N) is 1. The Balaban J connectivity index is 2.74. The van der Waals surface area contributed by atoms with E-state index in [4.69, 9.17) is 10.0 Å². The number of benzene rings is 1. The van der Waals surface area contributed by atoms with Gasteiger partial charge in [0.25, 0.3) is 0 Å².